The molecule has 28 heavy (non-hydrogen) atoms. The Morgan fingerprint density at radius 3 is 2.32 bits per heavy atom. The minimum atomic E-state index is -0.455. The van der Waals surface area contributed by atoms with E-state index >= 15 is 0 Å². The maximum atomic E-state index is 13.0. The van der Waals surface area contributed by atoms with Crippen LogP contribution in [0.2, 0.25) is 0 Å². The van der Waals surface area contributed by atoms with Crippen molar-refractivity contribution in [1.82, 2.24) is 4.98 Å². The minimum absolute atomic E-state index is 0.279. The molecule has 1 N–H and O–H groups in total. The molecule has 0 radical (unpaired) electrons. The van der Waals surface area contributed by atoms with E-state index in [0.29, 0.717) is 11.1 Å². The van der Waals surface area contributed by atoms with Gasteiger partial charge in [0.15, 0.2) is 0 Å². The molecule has 3 aromatic rings. The van der Waals surface area contributed by atoms with Crippen molar-refractivity contribution in [2.45, 2.75) is 6.92 Å². The van der Waals surface area contributed by atoms with E-state index < -0.39 is 5.97 Å². The van der Waals surface area contributed by atoms with Crippen molar-refractivity contribution >= 4 is 29.3 Å². The van der Waals surface area contributed by atoms with E-state index in [2.05, 4.69) is 10.3 Å². The number of rotatable bonds is 6. The molecule has 140 valence electrons. The van der Waals surface area contributed by atoms with Crippen molar-refractivity contribution < 1.29 is 14.3 Å². The fraction of sp³-hybridized carbons (Fsp3) is 0.0870. The molecule has 0 atom stereocenters. The number of hydrogen-bond donors (Lipinski definition) is 1. The molecule has 1 amide bonds. The first kappa shape index (κ1) is 19.0. The molecule has 0 aliphatic rings. The lowest BCUT2D eigenvalue weighted by Crippen LogP contribution is -2.15. The van der Waals surface area contributed by atoms with Crippen molar-refractivity contribution in [3.8, 4) is 0 Å². The highest BCUT2D eigenvalue weighted by molar-refractivity contribution is 6.29. The molecule has 0 aliphatic heterocycles. The molecular weight excluding hydrogens is 352 g/mol. The number of ether oxygens (including phenoxy) is 1. The zero-order chi connectivity index (χ0) is 19.8. The van der Waals surface area contributed by atoms with Crippen molar-refractivity contribution in [2.24, 2.45) is 0 Å². The third-order valence-electron chi connectivity index (χ3n) is 3.95. The Balaban J connectivity index is 1.90. The van der Waals surface area contributed by atoms with Crippen LogP contribution in [0.3, 0.4) is 0 Å². The Bertz CT molecular complexity index is 983. The maximum absolute atomic E-state index is 13.0. The topological polar surface area (TPSA) is 68.3 Å². The van der Waals surface area contributed by atoms with Gasteiger partial charge in [-0.25, -0.2) is 9.78 Å². The summed E-state index contributed by atoms with van der Waals surface area (Å²) in [4.78, 5) is 29.0. The predicted octanol–water partition coefficient (Wildman–Crippen LogP) is 4.44. The second kappa shape index (κ2) is 9.28. The summed E-state index contributed by atoms with van der Waals surface area (Å²) in [7, 11) is 0. The van der Waals surface area contributed by atoms with Gasteiger partial charge in [0, 0.05) is 11.8 Å². The van der Waals surface area contributed by atoms with Crippen molar-refractivity contribution in [3.05, 3.63) is 95.7 Å². The summed E-state index contributed by atoms with van der Waals surface area (Å²) >= 11 is 0. The summed E-state index contributed by atoms with van der Waals surface area (Å²) in [5, 5.41) is 2.77. The fourth-order valence-electron chi connectivity index (χ4n) is 2.64. The Kier molecular flexibility index (Phi) is 6.31. The molecule has 3 rings (SSSR count). The Morgan fingerprint density at radius 1 is 0.964 bits per heavy atom. The quantitative estimate of drug-likeness (QED) is 0.395. The van der Waals surface area contributed by atoms with Crippen LogP contribution in [0.4, 0.5) is 5.82 Å². The molecule has 0 spiro atoms. The second-order valence-electron chi connectivity index (χ2n) is 5.94. The monoisotopic (exact) mass is 372 g/mol. The number of carbonyl (C=O) groups excluding carboxylic acids is 2. The summed E-state index contributed by atoms with van der Waals surface area (Å²) in [6, 6.07) is 22.0. The lowest BCUT2D eigenvalue weighted by molar-refractivity contribution is -0.111. The number of esters is 1. The first-order chi connectivity index (χ1) is 13.7. The van der Waals surface area contributed by atoms with E-state index in [9.17, 15) is 9.59 Å². The lowest BCUT2D eigenvalue weighted by atomic mass is 10.0. The predicted molar refractivity (Wildman–Crippen MR) is 110 cm³/mol. The molecular formula is C23H20N2O3. The zero-order valence-electron chi connectivity index (χ0n) is 15.5. The van der Waals surface area contributed by atoms with Gasteiger partial charge < -0.3 is 10.1 Å². The highest BCUT2D eigenvalue weighted by atomic mass is 16.5. The van der Waals surface area contributed by atoms with E-state index in [1.165, 1.54) is 12.3 Å². The fourth-order valence-corrected chi connectivity index (χ4v) is 2.64. The molecule has 0 unspecified atom stereocenters. The molecule has 1 heterocycles. The van der Waals surface area contributed by atoms with Gasteiger partial charge in [0.05, 0.1) is 12.2 Å². The Hall–Kier alpha value is -3.73. The molecule has 0 bridgehead atoms. The number of nitrogens with zero attached hydrogens (tertiary/aromatic N) is 1. The second-order valence-corrected chi connectivity index (χ2v) is 5.94. The van der Waals surface area contributed by atoms with Gasteiger partial charge in [0.1, 0.15) is 5.82 Å². The lowest BCUT2D eigenvalue weighted by Gasteiger charge is -2.10. The van der Waals surface area contributed by atoms with Gasteiger partial charge in [0.25, 0.3) is 5.91 Å². The number of carbonyl (C=O) groups is 2. The maximum Gasteiger partial charge on any atom is 0.338 e. The third-order valence-corrected chi connectivity index (χ3v) is 3.95. The summed E-state index contributed by atoms with van der Waals surface area (Å²) in [5.74, 6) is -0.488. The van der Waals surface area contributed by atoms with Crippen LogP contribution >= 0.6 is 0 Å². The number of amides is 1. The Morgan fingerprint density at radius 2 is 1.64 bits per heavy atom. The van der Waals surface area contributed by atoms with Gasteiger partial charge in [-0.15, -0.1) is 0 Å². The van der Waals surface area contributed by atoms with E-state index in [0.717, 1.165) is 11.1 Å². The Labute approximate surface area is 163 Å². The molecule has 0 aliphatic carbocycles. The van der Waals surface area contributed by atoms with E-state index in [1.807, 2.05) is 66.7 Å². The van der Waals surface area contributed by atoms with Gasteiger partial charge in [-0.3, -0.25) is 4.79 Å². The van der Waals surface area contributed by atoms with E-state index in [1.54, 1.807) is 13.0 Å². The average Bonchev–Trinajstić information content (AvgIpc) is 2.73. The number of aromatic nitrogens is 1. The molecule has 5 heteroatoms. The average molecular weight is 372 g/mol. The standard InChI is InChI=1S/C23H20N2O3/c1-2-28-23(27)19-13-14-24-21(16-19)25-22(26)20(18-11-7-4-8-12-18)15-17-9-5-3-6-10-17/h3-16H,2H2,1H3,(H,24,25,26)/b20-15-. The van der Waals surface area contributed by atoms with Gasteiger partial charge >= 0.3 is 5.97 Å². The number of pyridine rings is 1. The van der Waals surface area contributed by atoms with Crippen LogP contribution in [-0.2, 0) is 9.53 Å². The van der Waals surface area contributed by atoms with Gasteiger partial charge in [-0.05, 0) is 36.3 Å². The van der Waals surface area contributed by atoms with Crippen molar-refractivity contribution in [2.75, 3.05) is 11.9 Å². The SMILES string of the molecule is CCOC(=O)c1ccnc(NC(=O)/C(=C\c2ccccc2)c2ccccc2)c1. The highest BCUT2D eigenvalue weighted by Crippen LogP contribution is 2.20. The van der Waals surface area contributed by atoms with E-state index in [-0.39, 0.29) is 18.3 Å². The first-order valence-corrected chi connectivity index (χ1v) is 8.94. The third kappa shape index (κ3) is 4.92. The summed E-state index contributed by atoms with van der Waals surface area (Å²) in [6.45, 7) is 2.02. The van der Waals surface area contributed by atoms with Crippen molar-refractivity contribution in [3.63, 3.8) is 0 Å². The van der Waals surface area contributed by atoms with Crippen LogP contribution in [0.25, 0.3) is 11.6 Å². The van der Waals surface area contributed by atoms with Crippen LogP contribution in [0.1, 0.15) is 28.4 Å². The van der Waals surface area contributed by atoms with Crippen LogP contribution < -0.4 is 5.32 Å². The summed E-state index contributed by atoms with van der Waals surface area (Å²) < 4.78 is 4.99. The smallest absolute Gasteiger partial charge is 0.338 e. The summed E-state index contributed by atoms with van der Waals surface area (Å²) in [5.41, 5.74) is 2.52. The normalized spacial score (nSPS) is 11.0. The van der Waals surface area contributed by atoms with Crippen molar-refractivity contribution in [1.29, 1.82) is 0 Å². The number of anilines is 1. The number of hydrogen-bond acceptors (Lipinski definition) is 4. The molecule has 0 saturated heterocycles. The first-order valence-electron chi connectivity index (χ1n) is 8.94. The number of benzene rings is 2. The molecule has 2 aromatic carbocycles. The summed E-state index contributed by atoms with van der Waals surface area (Å²) in [6.07, 6.45) is 3.28. The highest BCUT2D eigenvalue weighted by Gasteiger charge is 2.14. The minimum Gasteiger partial charge on any atom is -0.462 e. The van der Waals surface area contributed by atoms with Gasteiger partial charge in [-0.2, -0.15) is 0 Å². The van der Waals surface area contributed by atoms with Crippen LogP contribution in [0.15, 0.2) is 79.0 Å². The van der Waals surface area contributed by atoms with Crippen LogP contribution in [-0.4, -0.2) is 23.5 Å². The molecule has 0 fully saturated rings. The molecule has 5 nitrogen and oxygen atoms in total. The zero-order valence-corrected chi connectivity index (χ0v) is 15.5. The van der Waals surface area contributed by atoms with Gasteiger partial charge in [-0.1, -0.05) is 60.7 Å². The van der Waals surface area contributed by atoms with Crippen LogP contribution in [0, 0.1) is 0 Å². The molecule has 0 saturated carbocycles. The van der Waals surface area contributed by atoms with E-state index in [4.69, 9.17) is 4.74 Å². The molecule has 1 aromatic heterocycles. The largest absolute Gasteiger partial charge is 0.462 e. The van der Waals surface area contributed by atoms with Crippen LogP contribution in [0.5, 0.6) is 0 Å². The number of nitrogens with one attached hydrogen (secondary N) is 1. The van der Waals surface area contributed by atoms with Gasteiger partial charge in [0.2, 0.25) is 0 Å².